The number of aromatic nitrogens is 3. The summed E-state index contributed by atoms with van der Waals surface area (Å²) in [5.41, 5.74) is 11.4. The molecular formula is C47H28N4O. The van der Waals surface area contributed by atoms with Gasteiger partial charge in [0.25, 0.3) is 0 Å². The molecule has 5 nitrogen and oxygen atoms in total. The van der Waals surface area contributed by atoms with Crippen LogP contribution in [0.15, 0.2) is 170 Å². The highest BCUT2D eigenvalue weighted by atomic mass is 16.5. The van der Waals surface area contributed by atoms with E-state index in [2.05, 4.69) is 84.9 Å². The van der Waals surface area contributed by atoms with E-state index in [1.54, 1.807) is 0 Å². The van der Waals surface area contributed by atoms with Crippen molar-refractivity contribution in [1.29, 1.82) is 5.26 Å². The first-order valence-corrected chi connectivity index (χ1v) is 17.3. The molecule has 2 aliphatic rings. The average Bonchev–Trinajstić information content (AvgIpc) is 3.51. The van der Waals surface area contributed by atoms with Gasteiger partial charge in [0, 0.05) is 22.3 Å². The number of benzene rings is 7. The fraction of sp³-hybridized carbons (Fsp3) is 0.0213. The molecule has 0 N–H and O–H groups in total. The van der Waals surface area contributed by atoms with E-state index < -0.39 is 5.41 Å². The number of nitriles is 1. The molecule has 0 saturated heterocycles. The molecule has 1 aliphatic heterocycles. The first kappa shape index (κ1) is 29.7. The normalized spacial score (nSPS) is 12.9. The van der Waals surface area contributed by atoms with E-state index in [9.17, 15) is 5.26 Å². The van der Waals surface area contributed by atoms with Crippen molar-refractivity contribution in [1.82, 2.24) is 15.0 Å². The van der Waals surface area contributed by atoms with Gasteiger partial charge in [0.15, 0.2) is 17.5 Å². The van der Waals surface area contributed by atoms with Crippen LogP contribution in [0.3, 0.4) is 0 Å². The number of ether oxygens (including phenoxy) is 1. The Morgan fingerprint density at radius 2 is 0.904 bits per heavy atom. The molecule has 0 amide bonds. The van der Waals surface area contributed by atoms with Crippen LogP contribution in [-0.4, -0.2) is 15.0 Å². The van der Waals surface area contributed by atoms with Crippen LogP contribution < -0.4 is 4.74 Å². The monoisotopic (exact) mass is 664 g/mol. The third-order valence-corrected chi connectivity index (χ3v) is 10.3. The number of para-hydroxylation sites is 2. The minimum Gasteiger partial charge on any atom is -0.456 e. The molecule has 1 spiro atoms. The standard InChI is InChI=1S/C47H28N4O/c48-29-33-15-4-5-16-34(33)30-25-27-32(28-26-30)45-49-44(31-13-2-1-3-14-31)50-46(51-45)37-19-12-23-41-43(37)52-42-24-11-10-22-40(42)47(41)38-20-8-6-17-35(38)36-18-7-9-21-39(36)47/h1-28H. The molecule has 52 heavy (non-hydrogen) atoms. The zero-order valence-corrected chi connectivity index (χ0v) is 27.9. The Kier molecular flexibility index (Phi) is 6.70. The van der Waals surface area contributed by atoms with Crippen molar-refractivity contribution in [2.75, 3.05) is 0 Å². The Balaban J connectivity index is 1.20. The minimum atomic E-state index is -0.596. The molecule has 0 saturated carbocycles. The lowest BCUT2D eigenvalue weighted by Crippen LogP contribution is -2.32. The predicted molar refractivity (Wildman–Crippen MR) is 204 cm³/mol. The van der Waals surface area contributed by atoms with Crippen molar-refractivity contribution >= 4 is 0 Å². The average molecular weight is 665 g/mol. The Morgan fingerprint density at radius 1 is 0.404 bits per heavy atom. The third-order valence-electron chi connectivity index (χ3n) is 10.3. The summed E-state index contributed by atoms with van der Waals surface area (Å²) in [5.74, 6) is 3.17. The Hall–Kier alpha value is -7.16. The Labute approximate surface area is 301 Å². The van der Waals surface area contributed by atoms with E-state index in [1.807, 2.05) is 91.0 Å². The Morgan fingerprint density at radius 3 is 1.60 bits per heavy atom. The van der Waals surface area contributed by atoms with Gasteiger partial charge < -0.3 is 4.74 Å². The molecule has 1 aliphatic carbocycles. The zero-order valence-electron chi connectivity index (χ0n) is 27.9. The fourth-order valence-electron chi connectivity index (χ4n) is 8.03. The molecule has 0 radical (unpaired) electrons. The molecular weight excluding hydrogens is 637 g/mol. The van der Waals surface area contributed by atoms with Crippen LogP contribution in [-0.2, 0) is 5.41 Å². The summed E-state index contributed by atoms with van der Waals surface area (Å²) < 4.78 is 6.93. The highest BCUT2D eigenvalue weighted by Gasteiger charge is 2.51. The molecule has 1 aromatic heterocycles. The van der Waals surface area contributed by atoms with E-state index in [4.69, 9.17) is 19.7 Å². The summed E-state index contributed by atoms with van der Waals surface area (Å²) in [7, 11) is 0. The van der Waals surface area contributed by atoms with Crippen LogP contribution >= 0.6 is 0 Å². The highest BCUT2D eigenvalue weighted by molar-refractivity contribution is 5.90. The third kappa shape index (κ3) is 4.38. The molecule has 0 unspecified atom stereocenters. The van der Waals surface area contributed by atoms with Crippen LogP contribution in [0, 0.1) is 11.3 Å². The number of rotatable bonds is 4. The van der Waals surface area contributed by atoms with E-state index in [0.717, 1.165) is 50.4 Å². The topological polar surface area (TPSA) is 71.7 Å². The van der Waals surface area contributed by atoms with Crippen molar-refractivity contribution in [3.63, 3.8) is 0 Å². The molecule has 10 rings (SSSR count). The molecule has 2 heterocycles. The second-order valence-electron chi connectivity index (χ2n) is 13.0. The van der Waals surface area contributed by atoms with Gasteiger partial charge in [-0.15, -0.1) is 0 Å². The van der Waals surface area contributed by atoms with Gasteiger partial charge in [-0.2, -0.15) is 5.26 Å². The number of hydrogen-bond acceptors (Lipinski definition) is 5. The van der Waals surface area contributed by atoms with Gasteiger partial charge in [-0.25, -0.2) is 15.0 Å². The number of hydrogen-bond donors (Lipinski definition) is 0. The van der Waals surface area contributed by atoms with Crippen LogP contribution in [0.1, 0.15) is 27.8 Å². The van der Waals surface area contributed by atoms with E-state index >= 15 is 0 Å². The molecule has 0 bridgehead atoms. The van der Waals surface area contributed by atoms with Crippen molar-refractivity contribution in [2.24, 2.45) is 0 Å². The largest absolute Gasteiger partial charge is 0.456 e. The lowest BCUT2D eigenvalue weighted by Gasteiger charge is -2.39. The first-order valence-electron chi connectivity index (χ1n) is 17.3. The second kappa shape index (κ2) is 11.7. The van der Waals surface area contributed by atoms with Crippen LogP contribution in [0.2, 0.25) is 0 Å². The molecule has 7 aromatic carbocycles. The van der Waals surface area contributed by atoms with Gasteiger partial charge in [0.05, 0.1) is 22.6 Å². The summed E-state index contributed by atoms with van der Waals surface area (Å²) in [6.45, 7) is 0. The van der Waals surface area contributed by atoms with E-state index in [-0.39, 0.29) is 0 Å². The summed E-state index contributed by atoms with van der Waals surface area (Å²) in [6.07, 6.45) is 0. The molecule has 242 valence electrons. The maximum absolute atomic E-state index is 9.71. The first-order chi connectivity index (χ1) is 25.7. The van der Waals surface area contributed by atoms with Crippen molar-refractivity contribution < 1.29 is 4.74 Å². The van der Waals surface area contributed by atoms with Crippen LogP contribution in [0.25, 0.3) is 56.4 Å². The lowest BCUT2D eigenvalue weighted by molar-refractivity contribution is 0.437. The number of nitrogens with zero attached hydrogens (tertiary/aromatic N) is 4. The van der Waals surface area contributed by atoms with Crippen molar-refractivity contribution in [3.8, 4) is 74.0 Å². The van der Waals surface area contributed by atoms with Crippen LogP contribution in [0.4, 0.5) is 0 Å². The zero-order chi connectivity index (χ0) is 34.6. The smallest absolute Gasteiger partial charge is 0.167 e. The molecule has 0 atom stereocenters. The van der Waals surface area contributed by atoms with Crippen molar-refractivity contribution in [3.05, 3.63) is 198 Å². The lowest BCUT2D eigenvalue weighted by atomic mass is 9.66. The number of fused-ring (bicyclic) bond motifs is 9. The maximum Gasteiger partial charge on any atom is 0.167 e. The van der Waals surface area contributed by atoms with Gasteiger partial charge in [0.2, 0.25) is 0 Å². The summed E-state index contributed by atoms with van der Waals surface area (Å²) >= 11 is 0. The SMILES string of the molecule is N#Cc1ccccc1-c1ccc(-c2nc(-c3ccccc3)nc(-c3cccc4c3Oc3ccccc3C43c4ccccc4-c4ccccc43)n2)cc1. The van der Waals surface area contributed by atoms with E-state index in [0.29, 0.717) is 23.0 Å². The molecule has 5 heteroatoms. The van der Waals surface area contributed by atoms with Gasteiger partial charge in [-0.05, 0) is 51.6 Å². The maximum atomic E-state index is 9.71. The van der Waals surface area contributed by atoms with Gasteiger partial charge >= 0.3 is 0 Å². The van der Waals surface area contributed by atoms with Gasteiger partial charge in [0.1, 0.15) is 11.5 Å². The summed E-state index contributed by atoms with van der Waals surface area (Å²) in [4.78, 5) is 15.3. The van der Waals surface area contributed by atoms with Gasteiger partial charge in [-0.1, -0.05) is 152 Å². The highest BCUT2D eigenvalue weighted by Crippen LogP contribution is 2.63. The van der Waals surface area contributed by atoms with E-state index in [1.165, 1.54) is 22.3 Å². The fourth-order valence-corrected chi connectivity index (χ4v) is 8.03. The van der Waals surface area contributed by atoms with Gasteiger partial charge in [-0.3, -0.25) is 0 Å². The quantitative estimate of drug-likeness (QED) is 0.187. The second-order valence-corrected chi connectivity index (χ2v) is 13.0. The Bertz CT molecular complexity index is 2680. The summed E-state index contributed by atoms with van der Waals surface area (Å²) in [5, 5.41) is 9.71. The predicted octanol–water partition coefficient (Wildman–Crippen LogP) is 10.9. The minimum absolute atomic E-state index is 0.522. The van der Waals surface area contributed by atoms with Crippen molar-refractivity contribution in [2.45, 2.75) is 5.41 Å². The molecule has 0 fully saturated rings. The van der Waals surface area contributed by atoms with Crippen LogP contribution in [0.5, 0.6) is 11.5 Å². The summed E-state index contributed by atoms with van der Waals surface area (Å²) in [6, 6.07) is 60.1. The molecule has 8 aromatic rings.